The standard InChI is InChI=1S/C20H39P/c1-2-3-4-5-6-7-8-9-10-11-16-21-17-15-19-13-12-14-20(21)18-19/h19-20H,2-18H2,1H3/t19-,20-,21?/m1/s1. The summed E-state index contributed by atoms with van der Waals surface area (Å²) < 4.78 is 0. The van der Waals surface area contributed by atoms with Gasteiger partial charge in [0.15, 0.2) is 0 Å². The van der Waals surface area contributed by atoms with E-state index in [2.05, 4.69) is 6.92 Å². The molecule has 21 heavy (non-hydrogen) atoms. The number of hydrogen-bond donors (Lipinski definition) is 0. The highest BCUT2D eigenvalue weighted by Crippen LogP contribution is 2.55. The minimum Gasteiger partial charge on any atom is -0.104 e. The molecule has 1 heterocycles. The fraction of sp³-hybridized carbons (Fsp3) is 1.00. The maximum Gasteiger partial charge on any atom is -0.0207 e. The Morgan fingerprint density at radius 3 is 2.14 bits per heavy atom. The highest BCUT2D eigenvalue weighted by Gasteiger charge is 2.32. The molecule has 0 nitrogen and oxygen atoms in total. The molecule has 1 unspecified atom stereocenters. The van der Waals surface area contributed by atoms with Crippen molar-refractivity contribution < 1.29 is 0 Å². The lowest BCUT2D eigenvalue weighted by Crippen LogP contribution is -2.26. The summed E-state index contributed by atoms with van der Waals surface area (Å²) in [5.41, 5.74) is 1.20. The molecule has 0 radical (unpaired) electrons. The fourth-order valence-corrected chi connectivity index (χ4v) is 7.91. The van der Waals surface area contributed by atoms with E-state index in [9.17, 15) is 0 Å². The number of fused-ring (bicyclic) bond motifs is 2. The van der Waals surface area contributed by atoms with Crippen LogP contribution in [-0.2, 0) is 0 Å². The summed E-state index contributed by atoms with van der Waals surface area (Å²) in [5, 5.41) is 0. The van der Waals surface area contributed by atoms with Crippen molar-refractivity contribution in [3.05, 3.63) is 0 Å². The van der Waals surface area contributed by atoms with Crippen LogP contribution < -0.4 is 0 Å². The Labute approximate surface area is 135 Å². The summed E-state index contributed by atoms with van der Waals surface area (Å²) in [4.78, 5) is 0. The molecule has 2 bridgehead atoms. The third-order valence-corrected chi connectivity index (χ3v) is 9.12. The first-order valence-electron chi connectivity index (χ1n) is 10.1. The third kappa shape index (κ3) is 7.02. The monoisotopic (exact) mass is 310 g/mol. The zero-order valence-corrected chi connectivity index (χ0v) is 15.5. The Bertz CT molecular complexity index is 250. The van der Waals surface area contributed by atoms with Crippen LogP contribution in [-0.4, -0.2) is 18.0 Å². The lowest BCUT2D eigenvalue weighted by molar-refractivity contribution is 0.341. The van der Waals surface area contributed by atoms with E-state index in [1.807, 2.05) is 0 Å². The lowest BCUT2D eigenvalue weighted by Gasteiger charge is -2.40. The summed E-state index contributed by atoms with van der Waals surface area (Å²) in [7, 11) is 0.455. The van der Waals surface area contributed by atoms with Gasteiger partial charge in [-0.05, 0) is 49.6 Å². The predicted molar refractivity (Wildman–Crippen MR) is 98.9 cm³/mol. The Morgan fingerprint density at radius 2 is 1.43 bits per heavy atom. The number of rotatable bonds is 11. The predicted octanol–water partition coefficient (Wildman–Crippen LogP) is 7.35. The topological polar surface area (TPSA) is 0 Å². The first-order chi connectivity index (χ1) is 10.4. The van der Waals surface area contributed by atoms with Crippen LogP contribution in [0.4, 0.5) is 0 Å². The zero-order chi connectivity index (χ0) is 14.8. The highest BCUT2D eigenvalue weighted by molar-refractivity contribution is 7.58. The van der Waals surface area contributed by atoms with Crippen LogP contribution in [0.25, 0.3) is 0 Å². The minimum absolute atomic E-state index is 0.455. The molecular weight excluding hydrogens is 271 g/mol. The van der Waals surface area contributed by atoms with Crippen LogP contribution in [0.2, 0.25) is 0 Å². The van der Waals surface area contributed by atoms with Gasteiger partial charge in [-0.1, -0.05) is 77.6 Å². The quantitative estimate of drug-likeness (QED) is 0.276. The summed E-state index contributed by atoms with van der Waals surface area (Å²) >= 11 is 0. The first kappa shape index (κ1) is 17.8. The molecule has 0 aromatic rings. The van der Waals surface area contributed by atoms with E-state index in [-0.39, 0.29) is 0 Å². The van der Waals surface area contributed by atoms with Crippen molar-refractivity contribution in [2.75, 3.05) is 12.3 Å². The van der Waals surface area contributed by atoms with E-state index < -0.39 is 0 Å². The molecule has 0 amide bonds. The Balaban J connectivity index is 1.40. The van der Waals surface area contributed by atoms with Gasteiger partial charge >= 0.3 is 0 Å². The van der Waals surface area contributed by atoms with Gasteiger partial charge in [0.25, 0.3) is 0 Å². The van der Waals surface area contributed by atoms with E-state index >= 15 is 0 Å². The Hall–Kier alpha value is 0.430. The van der Waals surface area contributed by atoms with Crippen molar-refractivity contribution in [3.8, 4) is 0 Å². The van der Waals surface area contributed by atoms with Gasteiger partial charge in [-0.25, -0.2) is 0 Å². The van der Waals surface area contributed by atoms with Crippen molar-refractivity contribution in [3.63, 3.8) is 0 Å². The first-order valence-corrected chi connectivity index (χ1v) is 11.9. The molecular formula is C20H39P. The molecule has 1 saturated heterocycles. The Morgan fingerprint density at radius 1 is 0.762 bits per heavy atom. The molecule has 1 aliphatic carbocycles. The third-order valence-electron chi connectivity index (χ3n) is 5.89. The fourth-order valence-electron chi connectivity index (χ4n) is 4.48. The highest BCUT2D eigenvalue weighted by atomic mass is 31.1. The van der Waals surface area contributed by atoms with Crippen molar-refractivity contribution in [1.82, 2.24) is 0 Å². The second-order valence-electron chi connectivity index (χ2n) is 7.69. The molecule has 1 heteroatoms. The molecule has 1 saturated carbocycles. The summed E-state index contributed by atoms with van der Waals surface area (Å²) in [5.74, 6) is 1.15. The van der Waals surface area contributed by atoms with E-state index in [1.165, 1.54) is 63.4 Å². The lowest BCUT2D eigenvalue weighted by atomic mass is 9.86. The van der Waals surface area contributed by atoms with Crippen LogP contribution in [0.15, 0.2) is 0 Å². The zero-order valence-electron chi connectivity index (χ0n) is 14.6. The molecule has 0 aromatic carbocycles. The minimum atomic E-state index is 0.455. The molecule has 0 spiro atoms. The normalized spacial score (nSPS) is 28.7. The van der Waals surface area contributed by atoms with Crippen LogP contribution in [0, 0.1) is 5.92 Å². The van der Waals surface area contributed by atoms with Gasteiger partial charge in [0.1, 0.15) is 0 Å². The van der Waals surface area contributed by atoms with Gasteiger partial charge in [-0.15, -0.1) is 7.92 Å². The molecule has 2 rings (SSSR count). The summed E-state index contributed by atoms with van der Waals surface area (Å²) in [6.45, 7) is 2.31. The summed E-state index contributed by atoms with van der Waals surface area (Å²) in [6.07, 6.45) is 26.1. The van der Waals surface area contributed by atoms with Gasteiger partial charge in [-0.3, -0.25) is 0 Å². The largest absolute Gasteiger partial charge is 0.104 e. The molecule has 2 aliphatic rings. The smallest absolute Gasteiger partial charge is 0.0207 e. The number of hydrogen-bond acceptors (Lipinski definition) is 0. The average Bonchev–Trinajstić information content (AvgIpc) is 2.51. The Kier molecular flexibility index (Phi) is 9.35. The van der Waals surface area contributed by atoms with Crippen LogP contribution in [0.3, 0.4) is 0 Å². The second-order valence-corrected chi connectivity index (χ2v) is 10.5. The molecule has 124 valence electrons. The van der Waals surface area contributed by atoms with Crippen LogP contribution in [0.1, 0.15) is 103 Å². The van der Waals surface area contributed by atoms with Gasteiger partial charge in [0, 0.05) is 0 Å². The van der Waals surface area contributed by atoms with Gasteiger partial charge < -0.3 is 0 Å². The second kappa shape index (κ2) is 11.0. The van der Waals surface area contributed by atoms with Gasteiger partial charge in [0.2, 0.25) is 0 Å². The maximum atomic E-state index is 2.31. The van der Waals surface area contributed by atoms with Gasteiger partial charge in [-0.2, -0.15) is 0 Å². The van der Waals surface area contributed by atoms with E-state index in [0.29, 0.717) is 7.92 Å². The van der Waals surface area contributed by atoms with Gasteiger partial charge in [0.05, 0.1) is 0 Å². The summed E-state index contributed by atoms with van der Waals surface area (Å²) in [6, 6.07) is 0. The average molecular weight is 311 g/mol. The molecule has 0 aromatic heterocycles. The van der Waals surface area contributed by atoms with E-state index in [4.69, 9.17) is 0 Å². The van der Waals surface area contributed by atoms with E-state index in [1.54, 1.807) is 50.8 Å². The van der Waals surface area contributed by atoms with Crippen molar-refractivity contribution in [1.29, 1.82) is 0 Å². The maximum absolute atomic E-state index is 2.31. The van der Waals surface area contributed by atoms with Crippen LogP contribution in [0.5, 0.6) is 0 Å². The van der Waals surface area contributed by atoms with Crippen molar-refractivity contribution in [2.24, 2.45) is 5.92 Å². The molecule has 1 aliphatic heterocycles. The molecule has 0 N–H and O–H groups in total. The SMILES string of the molecule is CCCCCCCCCCCCP1CC[C@H]2CCC[C@@H]1C2. The van der Waals surface area contributed by atoms with Crippen molar-refractivity contribution in [2.45, 2.75) is 109 Å². The number of unbranched alkanes of at least 4 members (excludes halogenated alkanes) is 9. The van der Waals surface area contributed by atoms with Crippen LogP contribution >= 0.6 is 7.92 Å². The van der Waals surface area contributed by atoms with E-state index in [0.717, 1.165) is 5.92 Å². The van der Waals surface area contributed by atoms with Crippen molar-refractivity contribution >= 4 is 7.92 Å². The molecule has 2 fully saturated rings. The molecule has 3 atom stereocenters.